The monoisotopic (exact) mass is 460 g/mol. The van der Waals surface area contributed by atoms with Crippen LogP contribution in [0.25, 0.3) is 0 Å². The third kappa shape index (κ3) is 6.11. The lowest BCUT2D eigenvalue weighted by atomic mass is 9.95. The van der Waals surface area contributed by atoms with Crippen LogP contribution in [0.3, 0.4) is 0 Å². The molecule has 0 aliphatic heterocycles. The van der Waals surface area contributed by atoms with Gasteiger partial charge >= 0.3 is 0 Å². The number of hydrogen-bond donors (Lipinski definition) is 0. The molecule has 0 radical (unpaired) electrons. The predicted octanol–water partition coefficient (Wildman–Crippen LogP) is 5.77. The van der Waals surface area contributed by atoms with Crippen LogP contribution in [0.5, 0.6) is 0 Å². The second-order valence-corrected chi connectivity index (χ2v) is 10.2. The highest BCUT2D eigenvalue weighted by molar-refractivity contribution is 7.11. The van der Waals surface area contributed by atoms with Gasteiger partial charge in [-0.2, -0.15) is 0 Å². The number of amides is 2. The zero-order valence-electron chi connectivity index (χ0n) is 19.4. The minimum Gasteiger partial charge on any atom is -0.332 e. The number of thiophene rings is 1. The normalized spacial score (nSPS) is 14.0. The Morgan fingerprint density at radius 1 is 0.939 bits per heavy atom. The molecule has 1 atom stereocenters. The summed E-state index contributed by atoms with van der Waals surface area (Å²) in [6.45, 7) is 5.38. The molecule has 1 fully saturated rings. The van der Waals surface area contributed by atoms with Crippen molar-refractivity contribution in [2.45, 2.75) is 58.2 Å². The molecule has 1 heterocycles. The third-order valence-electron chi connectivity index (χ3n) is 6.20. The summed E-state index contributed by atoms with van der Waals surface area (Å²) in [6, 6.07) is 24.4. The second kappa shape index (κ2) is 10.8. The molecule has 1 aliphatic rings. The lowest BCUT2D eigenvalue weighted by Crippen LogP contribution is -2.45. The van der Waals surface area contributed by atoms with Crippen molar-refractivity contribution >= 4 is 23.2 Å². The zero-order valence-corrected chi connectivity index (χ0v) is 20.3. The topological polar surface area (TPSA) is 40.6 Å². The molecular formula is C28H32N2O2S. The molecule has 3 aromatic rings. The maximum atomic E-state index is 13.6. The highest BCUT2D eigenvalue weighted by Gasteiger charge is 2.37. The summed E-state index contributed by atoms with van der Waals surface area (Å²) >= 11 is 1.72. The van der Waals surface area contributed by atoms with Crippen LogP contribution in [0.15, 0.2) is 72.8 Å². The predicted molar refractivity (Wildman–Crippen MR) is 134 cm³/mol. The van der Waals surface area contributed by atoms with Gasteiger partial charge in [0.15, 0.2) is 0 Å². The maximum Gasteiger partial charge on any atom is 0.242 e. The Kier molecular flexibility index (Phi) is 7.61. The van der Waals surface area contributed by atoms with Gasteiger partial charge in [0.25, 0.3) is 0 Å². The molecule has 172 valence electrons. The van der Waals surface area contributed by atoms with Crippen LogP contribution >= 0.6 is 11.3 Å². The van der Waals surface area contributed by atoms with E-state index in [0.717, 1.165) is 35.3 Å². The van der Waals surface area contributed by atoms with E-state index in [2.05, 4.69) is 19.1 Å². The van der Waals surface area contributed by atoms with Crippen LogP contribution in [0.4, 0.5) is 0 Å². The smallest absolute Gasteiger partial charge is 0.242 e. The van der Waals surface area contributed by atoms with Gasteiger partial charge in [-0.3, -0.25) is 9.59 Å². The quantitative estimate of drug-likeness (QED) is 0.385. The van der Waals surface area contributed by atoms with Crippen molar-refractivity contribution < 1.29 is 9.59 Å². The largest absolute Gasteiger partial charge is 0.332 e. The Bertz CT molecular complexity index is 1060. The SMILES string of the molecule is CCC(C(=O)N(CC(=O)N(Cc1ccccc1)Cc1ccc(C)s1)C1CC1)c1ccccc1. The first kappa shape index (κ1) is 23.2. The van der Waals surface area contributed by atoms with Gasteiger partial charge in [-0.05, 0) is 49.4 Å². The van der Waals surface area contributed by atoms with Crippen molar-refractivity contribution in [2.75, 3.05) is 6.54 Å². The van der Waals surface area contributed by atoms with Crippen molar-refractivity contribution in [3.63, 3.8) is 0 Å². The Balaban J connectivity index is 1.53. The molecule has 1 aliphatic carbocycles. The molecule has 1 unspecified atom stereocenters. The van der Waals surface area contributed by atoms with E-state index >= 15 is 0 Å². The Morgan fingerprint density at radius 2 is 1.61 bits per heavy atom. The average Bonchev–Trinajstić information content (AvgIpc) is 3.59. The molecule has 0 N–H and O–H groups in total. The highest BCUT2D eigenvalue weighted by Crippen LogP contribution is 2.32. The fourth-order valence-corrected chi connectivity index (χ4v) is 5.16. The number of aryl methyl sites for hydroxylation is 1. The molecule has 2 amide bonds. The summed E-state index contributed by atoms with van der Waals surface area (Å²) in [5.41, 5.74) is 2.12. The number of benzene rings is 2. The molecule has 4 rings (SSSR count). The van der Waals surface area contributed by atoms with E-state index in [-0.39, 0.29) is 30.3 Å². The number of hydrogen-bond acceptors (Lipinski definition) is 3. The van der Waals surface area contributed by atoms with Crippen LogP contribution in [-0.2, 0) is 22.7 Å². The lowest BCUT2D eigenvalue weighted by Gasteiger charge is -2.30. The van der Waals surface area contributed by atoms with Crippen LogP contribution < -0.4 is 0 Å². The summed E-state index contributed by atoms with van der Waals surface area (Å²) in [7, 11) is 0. The van der Waals surface area contributed by atoms with Gasteiger partial charge in [0.2, 0.25) is 11.8 Å². The minimum atomic E-state index is -0.206. The number of nitrogens with zero attached hydrogens (tertiary/aromatic N) is 2. The standard InChI is InChI=1S/C28H32N2O2S/c1-3-26(23-12-8-5-9-13-23)28(32)30(24-15-16-24)20-27(31)29(18-22-10-6-4-7-11-22)19-25-17-14-21(2)33-25/h4-14,17,24,26H,3,15-16,18-20H2,1-2H3. The first-order valence-corrected chi connectivity index (χ1v) is 12.6. The van der Waals surface area contributed by atoms with Gasteiger partial charge in [-0.1, -0.05) is 67.6 Å². The van der Waals surface area contributed by atoms with Crippen molar-refractivity contribution in [1.82, 2.24) is 9.80 Å². The van der Waals surface area contributed by atoms with Gasteiger partial charge in [0.1, 0.15) is 6.54 Å². The van der Waals surface area contributed by atoms with Gasteiger partial charge < -0.3 is 9.80 Å². The van der Waals surface area contributed by atoms with Crippen molar-refractivity contribution in [3.05, 3.63) is 93.7 Å². The fourth-order valence-electron chi connectivity index (χ4n) is 4.25. The zero-order chi connectivity index (χ0) is 23.2. The minimum absolute atomic E-state index is 0.00747. The second-order valence-electron chi connectivity index (χ2n) is 8.82. The summed E-state index contributed by atoms with van der Waals surface area (Å²) < 4.78 is 0. The molecular weight excluding hydrogens is 428 g/mol. The van der Waals surface area contributed by atoms with Crippen molar-refractivity contribution in [3.8, 4) is 0 Å². The lowest BCUT2D eigenvalue weighted by molar-refractivity contribution is -0.142. The summed E-state index contributed by atoms with van der Waals surface area (Å²) in [5, 5.41) is 0. The van der Waals surface area contributed by atoms with Crippen LogP contribution in [0.1, 0.15) is 53.0 Å². The molecule has 2 aromatic carbocycles. The number of rotatable bonds is 10. The van der Waals surface area contributed by atoms with E-state index in [9.17, 15) is 9.59 Å². The molecule has 0 spiro atoms. The van der Waals surface area contributed by atoms with Gasteiger partial charge in [0.05, 0.1) is 12.5 Å². The highest BCUT2D eigenvalue weighted by atomic mass is 32.1. The Labute approximate surface area is 200 Å². The molecule has 1 aromatic heterocycles. The summed E-state index contributed by atoms with van der Waals surface area (Å²) in [5.74, 6) is -0.124. The third-order valence-corrected chi connectivity index (χ3v) is 7.18. The van der Waals surface area contributed by atoms with Crippen LogP contribution in [0.2, 0.25) is 0 Å². The fraction of sp³-hybridized carbons (Fsp3) is 0.357. The molecule has 5 heteroatoms. The van der Waals surface area contributed by atoms with Gasteiger partial charge in [-0.25, -0.2) is 0 Å². The first-order valence-electron chi connectivity index (χ1n) is 11.8. The molecule has 4 nitrogen and oxygen atoms in total. The maximum absolute atomic E-state index is 13.6. The Morgan fingerprint density at radius 3 is 2.18 bits per heavy atom. The van der Waals surface area contributed by atoms with E-state index < -0.39 is 0 Å². The average molecular weight is 461 g/mol. The van der Waals surface area contributed by atoms with Gasteiger partial charge in [0, 0.05) is 22.3 Å². The first-order chi connectivity index (χ1) is 16.0. The van der Waals surface area contributed by atoms with E-state index in [4.69, 9.17) is 0 Å². The van der Waals surface area contributed by atoms with Crippen molar-refractivity contribution in [2.24, 2.45) is 0 Å². The van der Waals surface area contributed by atoms with Gasteiger partial charge in [-0.15, -0.1) is 11.3 Å². The molecule has 0 saturated heterocycles. The van der Waals surface area contributed by atoms with E-state index in [1.165, 1.54) is 4.88 Å². The molecule has 33 heavy (non-hydrogen) atoms. The molecule has 0 bridgehead atoms. The van der Waals surface area contributed by atoms with E-state index in [1.807, 2.05) is 77.4 Å². The van der Waals surface area contributed by atoms with E-state index in [1.54, 1.807) is 11.3 Å². The summed E-state index contributed by atoms with van der Waals surface area (Å²) in [6.07, 6.45) is 2.68. The van der Waals surface area contributed by atoms with Crippen LogP contribution in [-0.4, -0.2) is 34.2 Å². The van der Waals surface area contributed by atoms with Crippen LogP contribution in [0, 0.1) is 6.92 Å². The molecule has 1 saturated carbocycles. The number of carbonyl (C=O) groups excluding carboxylic acids is 2. The Hall–Kier alpha value is -2.92. The van der Waals surface area contributed by atoms with Crippen molar-refractivity contribution in [1.29, 1.82) is 0 Å². The summed E-state index contributed by atoms with van der Waals surface area (Å²) in [4.78, 5) is 33.3. The number of carbonyl (C=O) groups is 2. The van der Waals surface area contributed by atoms with E-state index in [0.29, 0.717) is 13.1 Å².